The van der Waals surface area contributed by atoms with E-state index in [0.717, 1.165) is 24.3 Å². The van der Waals surface area contributed by atoms with E-state index in [1.54, 1.807) is 12.3 Å². The highest BCUT2D eigenvalue weighted by Gasteiger charge is 2.32. The topological polar surface area (TPSA) is 75.2 Å². The highest BCUT2D eigenvalue weighted by atomic mass is 32.2. The normalized spacial score (nSPS) is 17.2. The third-order valence-corrected chi connectivity index (χ3v) is 6.12. The summed E-state index contributed by atoms with van der Waals surface area (Å²) in [6.45, 7) is 0.568. The largest absolute Gasteiger partial charge is 0.416 e. The number of benzene rings is 1. The molecule has 1 saturated heterocycles. The van der Waals surface area contributed by atoms with Gasteiger partial charge in [-0.25, -0.2) is 18.4 Å². The summed E-state index contributed by atoms with van der Waals surface area (Å²) in [7, 11) is -3.81. The van der Waals surface area contributed by atoms with E-state index >= 15 is 0 Å². The lowest BCUT2D eigenvalue weighted by Gasteiger charge is -2.31. The Balaban J connectivity index is 1.64. The first-order chi connectivity index (χ1) is 12.3. The molecule has 0 radical (unpaired) electrons. The fraction of sp³-hybridized carbons (Fsp3) is 0.375. The van der Waals surface area contributed by atoms with Gasteiger partial charge in [0.05, 0.1) is 10.5 Å². The van der Waals surface area contributed by atoms with E-state index in [4.69, 9.17) is 0 Å². The number of sulfonamides is 1. The molecule has 6 nitrogen and oxygen atoms in total. The maximum atomic E-state index is 12.6. The summed E-state index contributed by atoms with van der Waals surface area (Å²) in [5.41, 5.74) is -0.871. The highest BCUT2D eigenvalue weighted by molar-refractivity contribution is 7.89. The molecule has 0 atom stereocenters. The molecule has 0 bridgehead atoms. The molecule has 140 valence electrons. The Morgan fingerprint density at radius 2 is 1.73 bits per heavy atom. The van der Waals surface area contributed by atoms with Gasteiger partial charge in [-0.3, -0.25) is 0 Å². The van der Waals surface area contributed by atoms with Crippen LogP contribution in [0.2, 0.25) is 0 Å². The van der Waals surface area contributed by atoms with Crippen LogP contribution in [0.25, 0.3) is 0 Å². The van der Waals surface area contributed by atoms with Crippen molar-refractivity contribution < 1.29 is 21.6 Å². The lowest BCUT2D eigenvalue weighted by atomic mass is 10.1. The third-order valence-electron chi connectivity index (χ3n) is 4.21. The predicted octanol–water partition coefficient (Wildman–Crippen LogP) is 2.76. The van der Waals surface area contributed by atoms with Crippen LogP contribution in [-0.4, -0.2) is 41.8 Å². The molecule has 3 rings (SSSR count). The number of nitrogens with one attached hydrogen (secondary N) is 1. The van der Waals surface area contributed by atoms with Crippen LogP contribution in [0.4, 0.5) is 19.0 Å². The van der Waals surface area contributed by atoms with Crippen LogP contribution in [0.1, 0.15) is 18.4 Å². The molecule has 2 aromatic rings. The zero-order chi connectivity index (χ0) is 18.8. The number of nitrogens with zero attached hydrogens (tertiary/aromatic N) is 3. The summed E-state index contributed by atoms with van der Waals surface area (Å²) >= 11 is 0. The molecule has 10 heteroatoms. The molecule has 1 aliphatic heterocycles. The van der Waals surface area contributed by atoms with Gasteiger partial charge in [-0.05, 0) is 43.2 Å². The second-order valence-corrected chi connectivity index (χ2v) is 7.88. The van der Waals surface area contributed by atoms with Crippen molar-refractivity contribution in [3.8, 4) is 0 Å². The fourth-order valence-corrected chi connectivity index (χ4v) is 4.26. The zero-order valence-electron chi connectivity index (χ0n) is 13.6. The molecule has 0 amide bonds. The number of halogens is 3. The van der Waals surface area contributed by atoms with E-state index in [9.17, 15) is 21.6 Å². The average molecular weight is 386 g/mol. The van der Waals surface area contributed by atoms with Gasteiger partial charge in [-0.15, -0.1) is 0 Å². The number of alkyl halides is 3. The van der Waals surface area contributed by atoms with Gasteiger partial charge in [0, 0.05) is 25.3 Å². The van der Waals surface area contributed by atoms with Crippen molar-refractivity contribution in [2.24, 2.45) is 0 Å². The lowest BCUT2D eigenvalue weighted by Crippen LogP contribution is -2.42. The summed E-state index contributed by atoms with van der Waals surface area (Å²) in [6.07, 6.45) is -0.312. The first kappa shape index (κ1) is 18.6. The number of piperidine rings is 1. The fourth-order valence-electron chi connectivity index (χ4n) is 2.79. The minimum absolute atomic E-state index is 0.0731. The quantitative estimate of drug-likeness (QED) is 0.875. The zero-order valence-corrected chi connectivity index (χ0v) is 14.5. The Morgan fingerprint density at radius 1 is 1.08 bits per heavy atom. The molecule has 0 spiro atoms. The molecule has 26 heavy (non-hydrogen) atoms. The number of aromatic nitrogens is 2. The van der Waals surface area contributed by atoms with Gasteiger partial charge in [-0.2, -0.15) is 17.5 Å². The SMILES string of the molecule is O=S(=O)(c1ccc(C(F)(F)F)cc1)N1CCC(Nc2ccncn2)CC1. The minimum atomic E-state index is -4.49. The van der Waals surface area contributed by atoms with Crippen LogP contribution in [-0.2, 0) is 16.2 Å². The smallest absolute Gasteiger partial charge is 0.367 e. The summed E-state index contributed by atoms with van der Waals surface area (Å²) in [5, 5.41) is 3.22. The highest BCUT2D eigenvalue weighted by Crippen LogP contribution is 2.30. The molecule has 1 N–H and O–H groups in total. The first-order valence-corrected chi connectivity index (χ1v) is 9.41. The molecule has 1 aromatic heterocycles. The van der Waals surface area contributed by atoms with Gasteiger partial charge in [0.15, 0.2) is 0 Å². The first-order valence-electron chi connectivity index (χ1n) is 7.97. The van der Waals surface area contributed by atoms with E-state index in [0.29, 0.717) is 18.7 Å². The number of anilines is 1. The number of rotatable bonds is 4. The maximum Gasteiger partial charge on any atom is 0.416 e. The molecule has 1 fully saturated rings. The summed E-state index contributed by atoms with van der Waals surface area (Å²) in [4.78, 5) is 7.77. The van der Waals surface area contributed by atoms with E-state index < -0.39 is 21.8 Å². The summed E-state index contributed by atoms with van der Waals surface area (Å²) in [6, 6.07) is 5.38. The maximum absolute atomic E-state index is 12.6. The third kappa shape index (κ3) is 4.13. The van der Waals surface area contributed by atoms with Crippen molar-refractivity contribution >= 4 is 15.8 Å². The van der Waals surface area contributed by atoms with Crippen molar-refractivity contribution in [2.45, 2.75) is 30.0 Å². The molecule has 1 aromatic carbocycles. The van der Waals surface area contributed by atoms with E-state index in [2.05, 4.69) is 15.3 Å². The number of hydrogen-bond donors (Lipinski definition) is 1. The summed E-state index contributed by atoms with van der Waals surface area (Å²) in [5.74, 6) is 0.670. The van der Waals surface area contributed by atoms with Gasteiger partial charge in [0.1, 0.15) is 12.1 Å². The van der Waals surface area contributed by atoms with Crippen molar-refractivity contribution in [1.29, 1.82) is 0 Å². The van der Waals surface area contributed by atoms with Crippen LogP contribution in [0.3, 0.4) is 0 Å². The Labute approximate surface area is 149 Å². The average Bonchev–Trinajstić information content (AvgIpc) is 2.62. The molecular weight excluding hydrogens is 369 g/mol. The Hall–Kier alpha value is -2.20. The molecule has 2 heterocycles. The van der Waals surface area contributed by atoms with Gasteiger partial charge in [0.2, 0.25) is 10.0 Å². The second-order valence-electron chi connectivity index (χ2n) is 5.94. The van der Waals surface area contributed by atoms with Crippen molar-refractivity contribution in [2.75, 3.05) is 18.4 Å². The summed E-state index contributed by atoms with van der Waals surface area (Å²) < 4.78 is 64.4. The molecular formula is C16H17F3N4O2S. The Morgan fingerprint density at radius 3 is 2.27 bits per heavy atom. The molecule has 0 saturated carbocycles. The van der Waals surface area contributed by atoms with Gasteiger partial charge in [-0.1, -0.05) is 0 Å². The number of hydrogen-bond acceptors (Lipinski definition) is 5. The minimum Gasteiger partial charge on any atom is -0.367 e. The van der Waals surface area contributed by atoms with E-state index in [1.165, 1.54) is 10.6 Å². The van der Waals surface area contributed by atoms with E-state index in [1.807, 2.05) is 0 Å². The van der Waals surface area contributed by atoms with Crippen molar-refractivity contribution in [3.05, 3.63) is 48.4 Å². The van der Waals surface area contributed by atoms with Crippen LogP contribution in [0.5, 0.6) is 0 Å². The molecule has 0 aliphatic carbocycles. The van der Waals surface area contributed by atoms with Crippen LogP contribution < -0.4 is 5.32 Å². The van der Waals surface area contributed by atoms with Crippen molar-refractivity contribution in [1.82, 2.24) is 14.3 Å². The lowest BCUT2D eigenvalue weighted by molar-refractivity contribution is -0.137. The predicted molar refractivity (Wildman–Crippen MR) is 88.9 cm³/mol. The molecule has 1 aliphatic rings. The van der Waals surface area contributed by atoms with Gasteiger partial charge < -0.3 is 5.32 Å². The van der Waals surface area contributed by atoms with E-state index in [-0.39, 0.29) is 24.0 Å². The van der Waals surface area contributed by atoms with Crippen LogP contribution in [0, 0.1) is 0 Å². The van der Waals surface area contributed by atoms with Gasteiger partial charge in [0.25, 0.3) is 0 Å². The standard InChI is InChI=1S/C16H17F3N4O2S/c17-16(18,19)12-1-3-14(4-2-12)26(24,25)23-9-6-13(7-10-23)22-15-5-8-20-11-21-15/h1-5,8,11,13H,6-7,9-10H2,(H,20,21,22). The van der Waals surface area contributed by atoms with Crippen molar-refractivity contribution in [3.63, 3.8) is 0 Å². The molecule has 0 unspecified atom stereocenters. The monoisotopic (exact) mass is 386 g/mol. The Kier molecular flexibility index (Phi) is 5.15. The Bertz CT molecular complexity index is 834. The van der Waals surface area contributed by atoms with Crippen LogP contribution in [0.15, 0.2) is 47.8 Å². The second kappa shape index (κ2) is 7.20. The van der Waals surface area contributed by atoms with Gasteiger partial charge >= 0.3 is 6.18 Å². The van der Waals surface area contributed by atoms with Crippen LogP contribution >= 0.6 is 0 Å².